The number of hydrogen-bond donors (Lipinski definition) is 1. The van der Waals surface area contributed by atoms with Gasteiger partial charge in [-0.1, -0.05) is 5.21 Å². The number of aliphatic hydroxyl groups is 1. The van der Waals surface area contributed by atoms with E-state index in [4.69, 9.17) is 9.84 Å². The fourth-order valence-corrected chi connectivity index (χ4v) is 1.89. The Morgan fingerprint density at radius 3 is 2.88 bits per heavy atom. The number of hydrogen-bond acceptors (Lipinski definition) is 5. The fraction of sp³-hybridized carbons (Fsp3) is 0.818. The van der Waals surface area contributed by atoms with Crippen molar-refractivity contribution in [2.24, 2.45) is 0 Å². The highest BCUT2D eigenvalue weighted by Gasteiger charge is 2.10. The zero-order valence-electron chi connectivity index (χ0n) is 10.1. The van der Waals surface area contributed by atoms with E-state index in [1.165, 1.54) is 0 Å². The van der Waals surface area contributed by atoms with E-state index in [-0.39, 0.29) is 6.61 Å². The fourth-order valence-electron chi connectivity index (χ4n) is 1.89. The van der Waals surface area contributed by atoms with Crippen molar-refractivity contribution in [3.05, 3.63) is 11.9 Å². The number of ether oxygens (including phenoxy) is 1. The average molecular weight is 240 g/mol. The molecule has 2 rings (SSSR count). The van der Waals surface area contributed by atoms with Gasteiger partial charge in [0.15, 0.2) is 0 Å². The van der Waals surface area contributed by atoms with Gasteiger partial charge in [-0.25, -0.2) is 0 Å². The highest BCUT2D eigenvalue weighted by atomic mass is 16.5. The van der Waals surface area contributed by atoms with Gasteiger partial charge in [-0.05, 0) is 12.8 Å². The number of rotatable bonds is 6. The quantitative estimate of drug-likeness (QED) is 0.728. The Bertz CT molecular complexity index is 323. The molecule has 0 bridgehead atoms. The number of morpholine rings is 1. The molecular weight excluding hydrogens is 220 g/mol. The lowest BCUT2D eigenvalue weighted by molar-refractivity contribution is 0.0359. The SMILES string of the molecule is OCCCc1cn(CCN2CCOCC2)nn1. The molecular formula is C11H20N4O2. The molecule has 1 aromatic heterocycles. The molecule has 1 fully saturated rings. The summed E-state index contributed by atoms with van der Waals surface area (Å²) in [7, 11) is 0. The van der Waals surface area contributed by atoms with Crippen LogP contribution in [-0.4, -0.2) is 64.5 Å². The summed E-state index contributed by atoms with van der Waals surface area (Å²) < 4.78 is 7.18. The molecule has 2 heterocycles. The van der Waals surface area contributed by atoms with Crippen LogP contribution in [0.1, 0.15) is 12.1 Å². The Morgan fingerprint density at radius 2 is 2.12 bits per heavy atom. The van der Waals surface area contributed by atoms with E-state index in [0.717, 1.165) is 57.9 Å². The van der Waals surface area contributed by atoms with Crippen LogP contribution in [-0.2, 0) is 17.7 Å². The molecule has 0 saturated carbocycles. The van der Waals surface area contributed by atoms with Gasteiger partial charge in [-0.2, -0.15) is 0 Å². The van der Waals surface area contributed by atoms with Crippen molar-refractivity contribution in [3.63, 3.8) is 0 Å². The van der Waals surface area contributed by atoms with Gasteiger partial charge in [0.1, 0.15) is 0 Å². The van der Waals surface area contributed by atoms with Crippen molar-refractivity contribution in [1.29, 1.82) is 0 Å². The topological polar surface area (TPSA) is 63.4 Å². The van der Waals surface area contributed by atoms with Crippen molar-refractivity contribution in [3.8, 4) is 0 Å². The van der Waals surface area contributed by atoms with Gasteiger partial charge < -0.3 is 9.84 Å². The summed E-state index contributed by atoms with van der Waals surface area (Å²) in [5.41, 5.74) is 0.959. The Hall–Kier alpha value is -0.980. The maximum absolute atomic E-state index is 8.73. The molecule has 6 heteroatoms. The molecule has 17 heavy (non-hydrogen) atoms. The molecule has 0 amide bonds. The van der Waals surface area contributed by atoms with E-state index in [9.17, 15) is 0 Å². The Balaban J connectivity index is 1.72. The van der Waals surface area contributed by atoms with Gasteiger partial charge in [0.05, 0.1) is 25.5 Å². The lowest BCUT2D eigenvalue weighted by atomic mass is 10.3. The van der Waals surface area contributed by atoms with E-state index < -0.39 is 0 Å². The van der Waals surface area contributed by atoms with E-state index in [1.807, 2.05) is 10.9 Å². The van der Waals surface area contributed by atoms with Gasteiger partial charge in [-0.3, -0.25) is 9.58 Å². The molecule has 0 aromatic carbocycles. The van der Waals surface area contributed by atoms with Crippen LogP contribution in [0.3, 0.4) is 0 Å². The van der Waals surface area contributed by atoms with Crippen LogP contribution in [0.15, 0.2) is 6.20 Å². The molecule has 0 atom stereocenters. The monoisotopic (exact) mass is 240 g/mol. The smallest absolute Gasteiger partial charge is 0.0828 e. The van der Waals surface area contributed by atoms with Crippen LogP contribution >= 0.6 is 0 Å². The third-order valence-corrected chi connectivity index (χ3v) is 2.93. The normalized spacial score (nSPS) is 17.5. The molecule has 1 saturated heterocycles. The second-order valence-corrected chi connectivity index (χ2v) is 4.25. The number of aromatic nitrogens is 3. The largest absolute Gasteiger partial charge is 0.396 e. The van der Waals surface area contributed by atoms with Crippen LogP contribution in [0.2, 0.25) is 0 Å². The maximum Gasteiger partial charge on any atom is 0.0828 e. The summed E-state index contributed by atoms with van der Waals surface area (Å²) in [6, 6.07) is 0. The van der Waals surface area contributed by atoms with Crippen molar-refractivity contribution >= 4 is 0 Å². The van der Waals surface area contributed by atoms with Crippen LogP contribution in [0, 0.1) is 0 Å². The molecule has 1 N–H and O–H groups in total. The Kier molecular flexibility index (Phi) is 4.90. The summed E-state index contributed by atoms with van der Waals surface area (Å²) in [5.74, 6) is 0. The molecule has 0 spiro atoms. The molecule has 1 aliphatic heterocycles. The lowest BCUT2D eigenvalue weighted by Gasteiger charge is -2.26. The minimum Gasteiger partial charge on any atom is -0.396 e. The Labute approximate surface area is 101 Å². The van der Waals surface area contributed by atoms with Crippen LogP contribution in [0.5, 0.6) is 0 Å². The standard InChI is InChI=1S/C11H20N4O2/c16-7-1-2-11-10-15(13-12-11)4-3-14-5-8-17-9-6-14/h10,16H,1-9H2. The van der Waals surface area contributed by atoms with E-state index in [1.54, 1.807) is 0 Å². The summed E-state index contributed by atoms with van der Waals surface area (Å²) in [6.07, 6.45) is 3.52. The molecule has 0 radical (unpaired) electrons. The van der Waals surface area contributed by atoms with Crippen molar-refractivity contribution in [2.75, 3.05) is 39.5 Å². The van der Waals surface area contributed by atoms with Crippen LogP contribution in [0.25, 0.3) is 0 Å². The minimum atomic E-state index is 0.209. The average Bonchev–Trinajstić information content (AvgIpc) is 2.83. The molecule has 1 aromatic rings. The zero-order chi connectivity index (χ0) is 11.9. The highest BCUT2D eigenvalue weighted by Crippen LogP contribution is 2.00. The molecule has 6 nitrogen and oxygen atoms in total. The second-order valence-electron chi connectivity index (χ2n) is 4.25. The summed E-state index contributed by atoms with van der Waals surface area (Å²) in [4.78, 5) is 2.37. The van der Waals surface area contributed by atoms with Crippen LogP contribution < -0.4 is 0 Å². The molecule has 0 aliphatic carbocycles. The number of aliphatic hydroxyl groups excluding tert-OH is 1. The van der Waals surface area contributed by atoms with E-state index in [2.05, 4.69) is 15.2 Å². The highest BCUT2D eigenvalue weighted by molar-refractivity contribution is 4.92. The molecule has 96 valence electrons. The number of nitrogens with zero attached hydrogens (tertiary/aromatic N) is 4. The first kappa shape index (κ1) is 12.5. The first-order chi connectivity index (χ1) is 8.38. The zero-order valence-corrected chi connectivity index (χ0v) is 10.1. The van der Waals surface area contributed by atoms with Gasteiger partial charge in [0.2, 0.25) is 0 Å². The predicted octanol–water partition coefficient (Wildman–Crippen LogP) is -0.465. The summed E-state index contributed by atoms with van der Waals surface area (Å²) in [5, 5.41) is 16.9. The Morgan fingerprint density at radius 1 is 1.29 bits per heavy atom. The first-order valence-corrected chi connectivity index (χ1v) is 6.18. The number of aryl methyl sites for hydroxylation is 1. The maximum atomic E-state index is 8.73. The first-order valence-electron chi connectivity index (χ1n) is 6.18. The second kappa shape index (κ2) is 6.68. The van der Waals surface area contributed by atoms with E-state index >= 15 is 0 Å². The van der Waals surface area contributed by atoms with Crippen molar-refractivity contribution in [2.45, 2.75) is 19.4 Å². The molecule has 0 unspecified atom stereocenters. The minimum absolute atomic E-state index is 0.209. The predicted molar refractivity (Wildman–Crippen MR) is 62.7 cm³/mol. The molecule has 1 aliphatic rings. The summed E-state index contributed by atoms with van der Waals surface area (Å²) in [6.45, 7) is 5.75. The van der Waals surface area contributed by atoms with E-state index in [0.29, 0.717) is 0 Å². The summed E-state index contributed by atoms with van der Waals surface area (Å²) >= 11 is 0. The lowest BCUT2D eigenvalue weighted by Crippen LogP contribution is -2.38. The van der Waals surface area contributed by atoms with Crippen molar-refractivity contribution < 1.29 is 9.84 Å². The third kappa shape index (κ3) is 4.07. The van der Waals surface area contributed by atoms with Gasteiger partial charge in [-0.15, -0.1) is 5.10 Å². The van der Waals surface area contributed by atoms with Crippen LogP contribution in [0.4, 0.5) is 0 Å². The van der Waals surface area contributed by atoms with Gasteiger partial charge in [0, 0.05) is 32.4 Å². The van der Waals surface area contributed by atoms with Gasteiger partial charge in [0.25, 0.3) is 0 Å². The van der Waals surface area contributed by atoms with Crippen molar-refractivity contribution in [1.82, 2.24) is 19.9 Å². The van der Waals surface area contributed by atoms with Gasteiger partial charge >= 0.3 is 0 Å². The third-order valence-electron chi connectivity index (χ3n) is 2.93.